The fraction of sp³-hybridized carbons (Fsp3) is 0.250. The Morgan fingerprint density at radius 3 is 2.27 bits per heavy atom. The van der Waals surface area contributed by atoms with E-state index in [2.05, 4.69) is 0 Å². The van der Waals surface area contributed by atoms with Crippen molar-refractivity contribution in [3.8, 4) is 0 Å². The molecule has 0 bridgehead atoms. The first-order valence-corrected chi connectivity index (χ1v) is 7.89. The summed E-state index contributed by atoms with van der Waals surface area (Å²) in [7, 11) is -4.55. The van der Waals surface area contributed by atoms with Crippen molar-refractivity contribution in [3.05, 3.63) is 29.8 Å². The van der Waals surface area contributed by atoms with Gasteiger partial charge in [0.05, 0.1) is 4.90 Å². The Kier molecular flexibility index (Phi) is 3.35. The molecule has 0 spiro atoms. The third-order valence-corrected chi connectivity index (χ3v) is 5.99. The lowest BCUT2D eigenvalue weighted by Crippen LogP contribution is -2.04. The van der Waals surface area contributed by atoms with Crippen LogP contribution in [0.2, 0.25) is 0 Å². The third-order valence-electron chi connectivity index (χ3n) is 1.94. The quantitative estimate of drug-likeness (QED) is 0.784. The zero-order valence-electron chi connectivity index (χ0n) is 7.99. The maximum Gasteiger partial charge on any atom is 0.444 e. The summed E-state index contributed by atoms with van der Waals surface area (Å²) in [5, 5.41) is 0. The van der Waals surface area contributed by atoms with Crippen molar-refractivity contribution in [2.45, 2.75) is 18.2 Å². The van der Waals surface area contributed by atoms with Crippen LogP contribution >= 0.6 is 6.80 Å². The number of benzene rings is 1. The van der Waals surface area contributed by atoms with Gasteiger partial charge in [-0.3, -0.25) is 0 Å². The van der Waals surface area contributed by atoms with Gasteiger partial charge >= 0.3 is 6.80 Å². The fourth-order valence-corrected chi connectivity index (χ4v) is 3.53. The SMILES string of the molecule is CCc1ccccc1S(=O)(=O)P(=O)(O)O. The standard InChI is InChI=1S/C8H11O5PS/c1-2-7-5-3-4-6-8(7)15(12,13)14(9,10)11/h3-6H,2H2,1H3,(H2,9,10,11). The van der Waals surface area contributed by atoms with Crippen LogP contribution in [0.1, 0.15) is 12.5 Å². The molecule has 0 aliphatic carbocycles. The maximum atomic E-state index is 11.5. The van der Waals surface area contributed by atoms with Gasteiger partial charge in [-0.2, -0.15) is 0 Å². The van der Waals surface area contributed by atoms with Gasteiger partial charge in [0.2, 0.25) is 0 Å². The molecule has 0 radical (unpaired) electrons. The summed E-state index contributed by atoms with van der Waals surface area (Å²) < 4.78 is 33.8. The summed E-state index contributed by atoms with van der Waals surface area (Å²) in [5.41, 5.74) is 0.404. The first-order chi connectivity index (χ1) is 6.80. The van der Waals surface area contributed by atoms with E-state index in [1.807, 2.05) is 0 Å². The van der Waals surface area contributed by atoms with E-state index in [1.165, 1.54) is 18.2 Å². The lowest BCUT2D eigenvalue weighted by Gasteiger charge is -2.09. The second-order valence-electron chi connectivity index (χ2n) is 2.93. The van der Waals surface area contributed by atoms with E-state index in [9.17, 15) is 13.0 Å². The van der Waals surface area contributed by atoms with Gasteiger partial charge in [-0.15, -0.1) is 0 Å². The lowest BCUT2D eigenvalue weighted by atomic mass is 10.2. The predicted molar refractivity (Wildman–Crippen MR) is 55.0 cm³/mol. The van der Waals surface area contributed by atoms with Gasteiger partial charge in [-0.1, -0.05) is 25.1 Å². The van der Waals surface area contributed by atoms with Crippen LogP contribution in [0.5, 0.6) is 0 Å². The van der Waals surface area contributed by atoms with Crippen LogP contribution in [0.15, 0.2) is 29.2 Å². The summed E-state index contributed by atoms with van der Waals surface area (Å²) in [6, 6.07) is 5.79. The summed E-state index contributed by atoms with van der Waals surface area (Å²) in [5.74, 6) is 0. The Bertz CT molecular complexity index is 502. The number of rotatable bonds is 3. The molecule has 0 unspecified atom stereocenters. The van der Waals surface area contributed by atoms with Gasteiger partial charge in [-0.05, 0) is 18.1 Å². The average Bonchev–Trinajstić information content (AvgIpc) is 2.16. The highest BCUT2D eigenvalue weighted by atomic mass is 32.8. The Morgan fingerprint density at radius 2 is 1.80 bits per heavy atom. The van der Waals surface area contributed by atoms with E-state index in [0.717, 1.165) is 0 Å². The minimum absolute atomic E-state index is 0.291. The van der Waals surface area contributed by atoms with E-state index >= 15 is 0 Å². The Morgan fingerprint density at radius 1 is 1.27 bits per heavy atom. The smallest absolute Gasteiger partial charge is 0.313 e. The molecule has 0 aromatic heterocycles. The van der Waals surface area contributed by atoms with E-state index in [4.69, 9.17) is 9.79 Å². The molecular formula is C8H11O5PS. The highest BCUT2D eigenvalue weighted by Crippen LogP contribution is 2.48. The van der Waals surface area contributed by atoms with Gasteiger partial charge in [0.15, 0.2) is 0 Å². The van der Waals surface area contributed by atoms with Gasteiger partial charge in [0, 0.05) is 0 Å². The maximum absolute atomic E-state index is 11.5. The van der Waals surface area contributed by atoms with Crippen LogP contribution in [0.3, 0.4) is 0 Å². The second-order valence-corrected chi connectivity index (χ2v) is 8.17. The summed E-state index contributed by atoms with van der Waals surface area (Å²) in [6.07, 6.45) is 0.398. The van der Waals surface area contributed by atoms with E-state index < -0.39 is 16.3 Å². The van der Waals surface area contributed by atoms with Gasteiger partial charge in [0.25, 0.3) is 9.46 Å². The Labute approximate surface area is 87.6 Å². The number of hydrogen-bond acceptors (Lipinski definition) is 3. The van der Waals surface area contributed by atoms with Gasteiger partial charge in [0.1, 0.15) is 0 Å². The molecule has 0 atom stereocenters. The molecule has 0 fully saturated rings. The lowest BCUT2D eigenvalue weighted by molar-refractivity contribution is 0.390. The largest absolute Gasteiger partial charge is 0.444 e. The van der Waals surface area contributed by atoms with E-state index in [-0.39, 0.29) is 4.90 Å². The molecule has 84 valence electrons. The van der Waals surface area contributed by atoms with E-state index in [0.29, 0.717) is 12.0 Å². The molecule has 5 nitrogen and oxygen atoms in total. The van der Waals surface area contributed by atoms with Crippen molar-refractivity contribution >= 4 is 16.3 Å². The first kappa shape index (κ1) is 12.4. The predicted octanol–water partition coefficient (Wildman–Crippen LogP) is 1.12. The summed E-state index contributed by atoms with van der Waals surface area (Å²) >= 11 is 0. The van der Waals surface area contributed by atoms with Gasteiger partial charge < -0.3 is 9.79 Å². The topological polar surface area (TPSA) is 91.7 Å². The van der Waals surface area contributed by atoms with Crippen molar-refractivity contribution in [1.29, 1.82) is 0 Å². The number of aryl methyl sites for hydroxylation is 1. The fourth-order valence-electron chi connectivity index (χ4n) is 1.18. The Balaban J connectivity index is 3.48. The molecule has 2 N–H and O–H groups in total. The molecule has 1 rings (SSSR count). The summed E-state index contributed by atoms with van der Waals surface area (Å²) in [4.78, 5) is 17.2. The van der Waals surface area contributed by atoms with Crippen LogP contribution in [0.4, 0.5) is 0 Å². The van der Waals surface area contributed by atoms with E-state index in [1.54, 1.807) is 13.0 Å². The molecule has 0 heterocycles. The minimum atomic E-state index is -5.16. The van der Waals surface area contributed by atoms with Crippen molar-refractivity contribution in [2.75, 3.05) is 0 Å². The monoisotopic (exact) mass is 250 g/mol. The average molecular weight is 250 g/mol. The van der Waals surface area contributed by atoms with Crippen LogP contribution in [0.25, 0.3) is 0 Å². The highest BCUT2D eigenvalue weighted by Gasteiger charge is 2.36. The van der Waals surface area contributed by atoms with Crippen LogP contribution in [-0.2, 0) is 20.4 Å². The molecule has 0 saturated heterocycles. The minimum Gasteiger partial charge on any atom is -0.313 e. The molecule has 1 aromatic carbocycles. The molecule has 7 heteroatoms. The number of hydrogen-bond donors (Lipinski definition) is 2. The third kappa shape index (κ3) is 2.29. The zero-order chi connectivity index (χ0) is 11.7. The van der Waals surface area contributed by atoms with Crippen LogP contribution in [0, 0.1) is 0 Å². The first-order valence-electron chi connectivity index (χ1n) is 4.19. The van der Waals surface area contributed by atoms with Crippen LogP contribution in [-0.4, -0.2) is 18.2 Å². The van der Waals surface area contributed by atoms with Crippen LogP contribution < -0.4 is 0 Å². The molecule has 15 heavy (non-hydrogen) atoms. The van der Waals surface area contributed by atoms with Crippen molar-refractivity contribution in [2.24, 2.45) is 0 Å². The molecular weight excluding hydrogens is 239 g/mol. The molecule has 1 aromatic rings. The molecule has 0 amide bonds. The van der Waals surface area contributed by atoms with Crippen molar-refractivity contribution in [1.82, 2.24) is 0 Å². The molecule has 0 aliphatic heterocycles. The van der Waals surface area contributed by atoms with Crippen molar-refractivity contribution < 1.29 is 22.8 Å². The van der Waals surface area contributed by atoms with Crippen molar-refractivity contribution in [3.63, 3.8) is 0 Å². The molecule has 0 saturated carbocycles. The summed E-state index contributed by atoms with van der Waals surface area (Å²) in [6.45, 7) is -3.44. The molecule has 0 aliphatic rings. The highest BCUT2D eigenvalue weighted by molar-refractivity contribution is 8.48. The second kappa shape index (κ2) is 4.06. The van der Waals surface area contributed by atoms with Gasteiger partial charge in [-0.25, -0.2) is 13.0 Å². The zero-order valence-corrected chi connectivity index (χ0v) is 9.70. The normalized spacial score (nSPS) is 12.7. The Hall–Kier alpha value is -0.680.